The van der Waals surface area contributed by atoms with Gasteiger partial charge in [-0.3, -0.25) is 0 Å². The highest BCUT2D eigenvalue weighted by molar-refractivity contribution is 5.85. The van der Waals surface area contributed by atoms with E-state index in [0.717, 1.165) is 24.0 Å². The lowest BCUT2D eigenvalue weighted by atomic mass is 9.86. The molecule has 0 spiro atoms. The van der Waals surface area contributed by atoms with Crippen molar-refractivity contribution in [3.05, 3.63) is 83.0 Å². The Morgan fingerprint density at radius 1 is 1.04 bits per heavy atom. The maximum absolute atomic E-state index is 5.86. The van der Waals surface area contributed by atoms with E-state index < -0.39 is 0 Å². The van der Waals surface area contributed by atoms with E-state index in [-0.39, 0.29) is 12.4 Å². The van der Waals surface area contributed by atoms with Crippen LogP contribution in [0, 0.1) is 6.92 Å². The fraction of sp³-hybridized carbons (Fsp3) is 0.292. The number of fused-ring (bicyclic) bond motifs is 1. The number of aryl methyl sites for hydroxylation is 2. The average molecular weight is 394 g/mol. The van der Waals surface area contributed by atoms with E-state index in [1.54, 1.807) is 0 Å². The number of halogens is 1. The maximum atomic E-state index is 5.86. The Labute approximate surface area is 173 Å². The summed E-state index contributed by atoms with van der Waals surface area (Å²) in [6, 6.07) is 20.6. The number of nitrogens with two attached hydrogens (primary N) is 1. The summed E-state index contributed by atoms with van der Waals surface area (Å²) in [5.74, 6) is 0.609. The van der Waals surface area contributed by atoms with Gasteiger partial charge < -0.3 is 11.1 Å². The lowest BCUT2D eigenvalue weighted by molar-refractivity contribution is 0.414. The molecule has 0 saturated heterocycles. The molecular weight excluding hydrogens is 366 g/mol. The summed E-state index contributed by atoms with van der Waals surface area (Å²) in [5, 5.41) is 3.81. The lowest BCUT2D eigenvalue weighted by Crippen LogP contribution is -2.36. The molecule has 1 aromatic heterocycles. The Morgan fingerprint density at radius 2 is 1.82 bits per heavy atom. The van der Waals surface area contributed by atoms with E-state index >= 15 is 0 Å². The molecule has 3 N–H and O–H groups in total. The first kappa shape index (κ1) is 20.4. The number of nitrogens with zero attached hydrogens (tertiary/aromatic N) is 1. The van der Waals surface area contributed by atoms with Crippen molar-refractivity contribution in [1.82, 2.24) is 10.3 Å². The third-order valence-electron chi connectivity index (χ3n) is 5.67. The largest absolute Gasteiger partial charge is 0.383 e. The van der Waals surface area contributed by atoms with Crippen LogP contribution in [0.4, 0.5) is 5.82 Å². The fourth-order valence-corrected chi connectivity index (χ4v) is 4.01. The summed E-state index contributed by atoms with van der Waals surface area (Å²) >= 11 is 0. The molecule has 0 unspecified atom stereocenters. The van der Waals surface area contributed by atoms with Gasteiger partial charge in [-0.25, -0.2) is 4.98 Å². The van der Waals surface area contributed by atoms with Gasteiger partial charge in [0.2, 0.25) is 0 Å². The molecule has 1 aliphatic carbocycles. The van der Waals surface area contributed by atoms with Crippen LogP contribution in [0.3, 0.4) is 0 Å². The molecule has 0 saturated carbocycles. The average Bonchev–Trinajstić information content (AvgIpc) is 2.70. The molecule has 0 aliphatic heterocycles. The molecule has 2 aromatic carbocycles. The Bertz CT molecular complexity index is 940. The first-order chi connectivity index (χ1) is 13.1. The highest BCUT2D eigenvalue weighted by atomic mass is 35.5. The van der Waals surface area contributed by atoms with Crippen LogP contribution in [0.5, 0.6) is 0 Å². The molecule has 1 heterocycles. The van der Waals surface area contributed by atoms with Gasteiger partial charge in [-0.05, 0) is 67.0 Å². The third kappa shape index (κ3) is 4.37. The Morgan fingerprint density at radius 3 is 2.57 bits per heavy atom. The summed E-state index contributed by atoms with van der Waals surface area (Å²) in [6.45, 7) is 4.26. The molecule has 0 fully saturated rings. The first-order valence-electron chi connectivity index (χ1n) is 9.75. The number of rotatable bonds is 4. The molecule has 146 valence electrons. The van der Waals surface area contributed by atoms with Crippen LogP contribution >= 0.6 is 12.4 Å². The first-order valence-corrected chi connectivity index (χ1v) is 9.75. The van der Waals surface area contributed by atoms with E-state index in [0.29, 0.717) is 17.9 Å². The number of anilines is 1. The third-order valence-corrected chi connectivity index (χ3v) is 5.67. The SMILES string of the molecule is Cc1cc(-c2ccc3c(c2)CC[C@@H](N[C@@H](C)c2ccccc2)C3)cnc1N.Cl. The second-order valence-corrected chi connectivity index (χ2v) is 7.65. The summed E-state index contributed by atoms with van der Waals surface area (Å²) < 4.78 is 0. The predicted molar refractivity (Wildman–Crippen MR) is 120 cm³/mol. The normalized spacial score (nSPS) is 16.7. The minimum absolute atomic E-state index is 0. The van der Waals surface area contributed by atoms with Crippen LogP contribution in [0.1, 0.15) is 41.6 Å². The van der Waals surface area contributed by atoms with E-state index in [1.165, 1.54) is 28.7 Å². The lowest BCUT2D eigenvalue weighted by Gasteiger charge is -2.29. The van der Waals surface area contributed by atoms with Crippen LogP contribution in [-0.4, -0.2) is 11.0 Å². The molecule has 0 amide bonds. The van der Waals surface area contributed by atoms with Gasteiger partial charge in [-0.1, -0.05) is 48.5 Å². The van der Waals surface area contributed by atoms with E-state index in [9.17, 15) is 0 Å². The maximum Gasteiger partial charge on any atom is 0.126 e. The van der Waals surface area contributed by atoms with Crippen molar-refractivity contribution < 1.29 is 0 Å². The van der Waals surface area contributed by atoms with Gasteiger partial charge >= 0.3 is 0 Å². The van der Waals surface area contributed by atoms with Crippen molar-refractivity contribution in [2.45, 2.75) is 45.2 Å². The van der Waals surface area contributed by atoms with Crippen molar-refractivity contribution in [1.29, 1.82) is 0 Å². The predicted octanol–water partition coefficient (Wildman–Crippen LogP) is 5.27. The molecule has 4 rings (SSSR count). The summed E-state index contributed by atoms with van der Waals surface area (Å²) in [6.07, 6.45) is 5.25. The topological polar surface area (TPSA) is 50.9 Å². The summed E-state index contributed by atoms with van der Waals surface area (Å²) in [7, 11) is 0. The number of aromatic nitrogens is 1. The summed E-state index contributed by atoms with van der Waals surface area (Å²) in [4.78, 5) is 4.31. The van der Waals surface area contributed by atoms with E-state index in [1.807, 2.05) is 13.1 Å². The molecule has 0 radical (unpaired) electrons. The molecule has 3 aromatic rings. The Balaban J connectivity index is 0.00000225. The van der Waals surface area contributed by atoms with Crippen LogP contribution in [0.15, 0.2) is 60.8 Å². The van der Waals surface area contributed by atoms with Crippen LogP contribution in [-0.2, 0) is 12.8 Å². The standard InChI is InChI=1S/C24H27N3.ClH/c1-16-12-22(15-26-24(16)25)20-8-9-21-14-23(11-10-19(21)13-20)27-17(2)18-6-4-3-5-7-18;/h3-9,12-13,15,17,23,27H,10-11,14H2,1-2H3,(H2,25,26);1H/t17-,23+;/m0./s1. The number of nitrogen functional groups attached to an aromatic ring is 1. The highest BCUT2D eigenvalue weighted by Crippen LogP contribution is 2.29. The molecule has 1 aliphatic rings. The summed E-state index contributed by atoms with van der Waals surface area (Å²) in [5.41, 5.74) is 13.5. The number of nitrogens with one attached hydrogen (secondary N) is 1. The zero-order valence-corrected chi connectivity index (χ0v) is 17.3. The quantitative estimate of drug-likeness (QED) is 0.634. The van der Waals surface area contributed by atoms with E-state index in [4.69, 9.17) is 5.73 Å². The van der Waals surface area contributed by atoms with Gasteiger partial charge in [0.1, 0.15) is 5.82 Å². The highest BCUT2D eigenvalue weighted by Gasteiger charge is 2.21. The van der Waals surface area contributed by atoms with Gasteiger partial charge in [0.25, 0.3) is 0 Å². The Hall–Kier alpha value is -2.36. The number of hydrogen-bond acceptors (Lipinski definition) is 3. The second kappa shape index (κ2) is 8.76. The van der Waals surface area contributed by atoms with Crippen molar-refractivity contribution in [2.24, 2.45) is 0 Å². The molecule has 2 atom stereocenters. The zero-order valence-electron chi connectivity index (χ0n) is 16.5. The number of benzene rings is 2. The van der Waals surface area contributed by atoms with Crippen LogP contribution in [0.25, 0.3) is 11.1 Å². The van der Waals surface area contributed by atoms with Gasteiger partial charge in [-0.15, -0.1) is 12.4 Å². The van der Waals surface area contributed by atoms with Crippen molar-refractivity contribution in [2.75, 3.05) is 5.73 Å². The molecule has 4 heteroatoms. The van der Waals surface area contributed by atoms with Gasteiger partial charge in [0.15, 0.2) is 0 Å². The monoisotopic (exact) mass is 393 g/mol. The molecule has 28 heavy (non-hydrogen) atoms. The number of hydrogen-bond donors (Lipinski definition) is 2. The van der Waals surface area contributed by atoms with Crippen LogP contribution in [0.2, 0.25) is 0 Å². The van der Waals surface area contributed by atoms with Crippen molar-refractivity contribution in [3.63, 3.8) is 0 Å². The molecule has 0 bridgehead atoms. The smallest absolute Gasteiger partial charge is 0.126 e. The zero-order chi connectivity index (χ0) is 18.8. The van der Waals surface area contributed by atoms with E-state index in [2.05, 4.69) is 71.8 Å². The molecule has 3 nitrogen and oxygen atoms in total. The second-order valence-electron chi connectivity index (χ2n) is 7.65. The van der Waals surface area contributed by atoms with Crippen molar-refractivity contribution >= 4 is 18.2 Å². The van der Waals surface area contributed by atoms with Gasteiger partial charge in [-0.2, -0.15) is 0 Å². The number of pyridine rings is 1. The Kier molecular flexibility index (Phi) is 6.38. The fourth-order valence-electron chi connectivity index (χ4n) is 4.01. The minimum atomic E-state index is 0. The van der Waals surface area contributed by atoms with Gasteiger partial charge in [0, 0.05) is 23.8 Å². The minimum Gasteiger partial charge on any atom is -0.383 e. The molecular formula is C24H28ClN3. The van der Waals surface area contributed by atoms with Crippen molar-refractivity contribution in [3.8, 4) is 11.1 Å². The van der Waals surface area contributed by atoms with Crippen LogP contribution < -0.4 is 11.1 Å². The van der Waals surface area contributed by atoms with Gasteiger partial charge in [0.05, 0.1) is 0 Å².